The fourth-order valence-corrected chi connectivity index (χ4v) is 4.98. The average Bonchev–Trinajstić information content (AvgIpc) is 3.26. The van der Waals surface area contributed by atoms with Crippen molar-refractivity contribution < 1.29 is 24.2 Å². The summed E-state index contributed by atoms with van der Waals surface area (Å²) in [5, 5.41) is 11.6. The van der Waals surface area contributed by atoms with Crippen LogP contribution in [0.15, 0.2) is 103 Å². The molecule has 0 radical (unpaired) electrons. The molecule has 1 fully saturated rings. The zero-order valence-electron chi connectivity index (χ0n) is 24.3. The lowest BCUT2D eigenvalue weighted by Crippen LogP contribution is -2.29. The molecule has 1 saturated heterocycles. The van der Waals surface area contributed by atoms with Crippen LogP contribution >= 0.6 is 0 Å². The van der Waals surface area contributed by atoms with E-state index in [1.165, 1.54) is 4.90 Å². The molecule has 1 amide bonds. The van der Waals surface area contributed by atoms with Crippen LogP contribution in [-0.2, 0) is 16.2 Å². The van der Waals surface area contributed by atoms with Crippen LogP contribution in [0.5, 0.6) is 11.5 Å². The Hall–Kier alpha value is -4.84. The highest BCUT2D eigenvalue weighted by Crippen LogP contribution is 2.43. The molecule has 4 aromatic carbocycles. The number of ether oxygens (including phenoxy) is 2. The fourth-order valence-electron chi connectivity index (χ4n) is 4.98. The summed E-state index contributed by atoms with van der Waals surface area (Å²) in [5.74, 6) is 0.0819. The Morgan fingerprint density at radius 1 is 0.857 bits per heavy atom. The molecule has 0 saturated carbocycles. The molecular formula is C36H35NO5. The lowest BCUT2D eigenvalue weighted by atomic mass is 9.94. The SMILES string of the molecule is Cc1ccc(N2C(=O)C(=O)/C(=C(/O)c3ccc(OCc4ccccc4)c(C)c3)C2c2ccc(OCC(C)C)cc2)cc1. The molecule has 5 rings (SSSR count). The Morgan fingerprint density at radius 3 is 2.19 bits per heavy atom. The van der Waals surface area contributed by atoms with Crippen molar-refractivity contribution in [2.75, 3.05) is 11.5 Å². The Morgan fingerprint density at radius 2 is 1.55 bits per heavy atom. The van der Waals surface area contributed by atoms with Crippen LogP contribution in [0.4, 0.5) is 5.69 Å². The quantitative estimate of drug-likeness (QED) is 0.130. The number of aryl methyl sites for hydroxylation is 2. The van der Waals surface area contributed by atoms with E-state index in [4.69, 9.17) is 9.47 Å². The Labute approximate surface area is 246 Å². The summed E-state index contributed by atoms with van der Waals surface area (Å²) in [6.45, 7) is 8.98. The van der Waals surface area contributed by atoms with Crippen molar-refractivity contribution in [1.82, 2.24) is 0 Å². The van der Waals surface area contributed by atoms with Crippen LogP contribution in [-0.4, -0.2) is 23.4 Å². The van der Waals surface area contributed by atoms with Crippen LogP contribution in [0.3, 0.4) is 0 Å². The molecule has 1 atom stereocenters. The van der Waals surface area contributed by atoms with Gasteiger partial charge in [0.2, 0.25) is 0 Å². The second-order valence-electron chi connectivity index (χ2n) is 11.0. The maximum atomic E-state index is 13.6. The van der Waals surface area contributed by atoms with Crippen molar-refractivity contribution in [1.29, 1.82) is 0 Å². The molecule has 1 aliphatic heterocycles. The molecule has 6 nitrogen and oxygen atoms in total. The van der Waals surface area contributed by atoms with E-state index in [-0.39, 0.29) is 11.3 Å². The Balaban J connectivity index is 1.53. The summed E-state index contributed by atoms with van der Waals surface area (Å²) in [7, 11) is 0. The first kappa shape index (κ1) is 28.7. The van der Waals surface area contributed by atoms with Crippen molar-refractivity contribution >= 4 is 23.1 Å². The van der Waals surface area contributed by atoms with Gasteiger partial charge in [-0.25, -0.2) is 0 Å². The van der Waals surface area contributed by atoms with Crippen LogP contribution in [0.1, 0.15) is 47.7 Å². The van der Waals surface area contributed by atoms with E-state index >= 15 is 0 Å². The number of anilines is 1. The largest absolute Gasteiger partial charge is 0.507 e. The number of amides is 1. The molecule has 0 spiro atoms. The van der Waals surface area contributed by atoms with E-state index in [2.05, 4.69) is 13.8 Å². The van der Waals surface area contributed by atoms with Crippen LogP contribution < -0.4 is 14.4 Å². The van der Waals surface area contributed by atoms with Crippen LogP contribution in [0.25, 0.3) is 5.76 Å². The number of aliphatic hydroxyl groups excluding tert-OH is 1. The highest BCUT2D eigenvalue weighted by Gasteiger charge is 2.47. The topological polar surface area (TPSA) is 76.1 Å². The number of ketones is 1. The number of carbonyl (C=O) groups is 2. The number of benzene rings is 4. The summed E-state index contributed by atoms with van der Waals surface area (Å²) in [6.07, 6.45) is 0. The van der Waals surface area contributed by atoms with Gasteiger partial charge in [0.15, 0.2) is 0 Å². The summed E-state index contributed by atoms with van der Waals surface area (Å²) in [5.41, 5.74) is 4.60. The molecule has 1 unspecified atom stereocenters. The van der Waals surface area contributed by atoms with Crippen molar-refractivity contribution in [2.24, 2.45) is 5.92 Å². The lowest BCUT2D eigenvalue weighted by molar-refractivity contribution is -0.132. The third-order valence-electron chi connectivity index (χ3n) is 7.22. The first-order valence-electron chi connectivity index (χ1n) is 14.1. The van der Waals surface area contributed by atoms with Crippen molar-refractivity contribution in [3.63, 3.8) is 0 Å². The Bertz CT molecular complexity index is 1610. The summed E-state index contributed by atoms with van der Waals surface area (Å²) < 4.78 is 11.9. The maximum Gasteiger partial charge on any atom is 0.300 e. The second-order valence-corrected chi connectivity index (χ2v) is 11.0. The van der Waals surface area contributed by atoms with Gasteiger partial charge in [-0.15, -0.1) is 0 Å². The molecule has 1 heterocycles. The Kier molecular flexibility index (Phi) is 8.43. The minimum absolute atomic E-state index is 0.0359. The van der Waals surface area contributed by atoms with E-state index in [9.17, 15) is 14.7 Å². The van der Waals surface area contributed by atoms with Crippen molar-refractivity contribution in [2.45, 2.75) is 40.3 Å². The van der Waals surface area contributed by atoms with Gasteiger partial charge in [-0.2, -0.15) is 0 Å². The molecule has 0 aliphatic carbocycles. The van der Waals surface area contributed by atoms with Gasteiger partial charge in [-0.1, -0.05) is 74.0 Å². The van der Waals surface area contributed by atoms with Gasteiger partial charge in [-0.05, 0) is 78.9 Å². The van der Waals surface area contributed by atoms with Crippen molar-refractivity contribution in [3.05, 3.63) is 130 Å². The molecule has 1 N–H and O–H groups in total. The summed E-state index contributed by atoms with van der Waals surface area (Å²) in [6, 6.07) is 29.1. The number of hydrogen-bond acceptors (Lipinski definition) is 5. The third-order valence-corrected chi connectivity index (χ3v) is 7.22. The van der Waals surface area contributed by atoms with Crippen LogP contribution in [0.2, 0.25) is 0 Å². The number of rotatable bonds is 9. The highest BCUT2D eigenvalue weighted by atomic mass is 16.5. The normalized spacial score (nSPS) is 16.2. The predicted molar refractivity (Wildman–Crippen MR) is 165 cm³/mol. The first-order chi connectivity index (χ1) is 20.2. The van der Waals surface area contributed by atoms with Crippen molar-refractivity contribution in [3.8, 4) is 11.5 Å². The number of nitrogens with zero attached hydrogens (tertiary/aromatic N) is 1. The van der Waals surface area contributed by atoms with Crippen LogP contribution in [0, 0.1) is 19.8 Å². The average molecular weight is 562 g/mol. The van der Waals surface area contributed by atoms with E-state index in [0.29, 0.717) is 47.4 Å². The van der Waals surface area contributed by atoms with E-state index in [0.717, 1.165) is 16.7 Å². The molecule has 1 aliphatic rings. The molecule has 42 heavy (non-hydrogen) atoms. The van der Waals surface area contributed by atoms with Gasteiger partial charge < -0.3 is 14.6 Å². The van der Waals surface area contributed by atoms with E-state index in [1.807, 2.05) is 92.7 Å². The van der Waals surface area contributed by atoms with Gasteiger partial charge in [-0.3, -0.25) is 14.5 Å². The second kappa shape index (κ2) is 12.4. The smallest absolute Gasteiger partial charge is 0.300 e. The van der Waals surface area contributed by atoms with E-state index < -0.39 is 17.7 Å². The van der Waals surface area contributed by atoms with Gasteiger partial charge in [0.25, 0.3) is 11.7 Å². The van der Waals surface area contributed by atoms with Gasteiger partial charge >= 0.3 is 0 Å². The van der Waals surface area contributed by atoms with Gasteiger partial charge in [0.05, 0.1) is 18.2 Å². The maximum absolute atomic E-state index is 13.6. The van der Waals surface area contributed by atoms with Gasteiger partial charge in [0.1, 0.15) is 23.9 Å². The summed E-state index contributed by atoms with van der Waals surface area (Å²) in [4.78, 5) is 28.5. The predicted octanol–water partition coefficient (Wildman–Crippen LogP) is 7.54. The zero-order chi connectivity index (χ0) is 29.8. The third kappa shape index (κ3) is 6.08. The molecule has 6 heteroatoms. The fraction of sp³-hybridized carbons (Fsp3) is 0.222. The molecule has 4 aromatic rings. The number of hydrogen-bond donors (Lipinski definition) is 1. The minimum Gasteiger partial charge on any atom is -0.507 e. The molecular weight excluding hydrogens is 526 g/mol. The first-order valence-corrected chi connectivity index (χ1v) is 14.1. The lowest BCUT2D eigenvalue weighted by Gasteiger charge is -2.26. The highest BCUT2D eigenvalue weighted by molar-refractivity contribution is 6.51. The number of Topliss-reactive ketones (excluding diaryl/α,β-unsaturated/α-hetero) is 1. The molecule has 214 valence electrons. The zero-order valence-corrected chi connectivity index (χ0v) is 24.3. The summed E-state index contributed by atoms with van der Waals surface area (Å²) >= 11 is 0. The monoisotopic (exact) mass is 561 g/mol. The standard InChI is InChI=1S/C36H35NO5/c1-23(2)21-41-30-17-12-27(13-18-30)33-32(35(39)36(40)37(33)29-15-10-24(3)11-16-29)34(38)28-14-19-31(25(4)20-28)42-22-26-8-6-5-7-9-26/h5-20,23,33,38H,21-22H2,1-4H3/b34-32+. The molecule has 0 aromatic heterocycles. The molecule has 0 bridgehead atoms. The van der Waals surface area contributed by atoms with Gasteiger partial charge in [0, 0.05) is 11.3 Å². The number of carbonyl (C=O) groups excluding carboxylic acids is 2. The number of aliphatic hydroxyl groups is 1. The van der Waals surface area contributed by atoms with E-state index in [1.54, 1.807) is 18.2 Å². The minimum atomic E-state index is -0.818.